The molecule has 0 radical (unpaired) electrons. The smallest absolute Gasteiger partial charge is 0.343 e. The van der Waals surface area contributed by atoms with E-state index in [2.05, 4.69) is 13.8 Å². The van der Waals surface area contributed by atoms with Gasteiger partial charge in [-0.15, -0.1) is 0 Å². The summed E-state index contributed by atoms with van der Waals surface area (Å²) < 4.78 is 31.0. The number of hydrogen-bond donors (Lipinski definition) is 1. The van der Waals surface area contributed by atoms with Crippen molar-refractivity contribution in [2.24, 2.45) is 0 Å². The first-order chi connectivity index (χ1) is 12.0. The van der Waals surface area contributed by atoms with Gasteiger partial charge in [0.15, 0.2) is 4.90 Å². The van der Waals surface area contributed by atoms with E-state index in [1.807, 2.05) is 6.07 Å². The molecule has 0 saturated heterocycles. The molecule has 0 heterocycles. The molecule has 0 amide bonds. The first-order valence-corrected chi connectivity index (χ1v) is 10.2. The standard InChI is InChI=1S/C20H26O4S/c1-3-5-10-16-14-15-19(21)20(18(16)13-6-4-2)25(22,23)24-17-11-8-7-9-12-17/h7-9,11-12,14-15,21H,3-6,10,13H2,1-2H3. The number of hydrogen-bond acceptors (Lipinski definition) is 4. The van der Waals surface area contributed by atoms with Crippen molar-refractivity contribution in [2.45, 2.75) is 57.3 Å². The van der Waals surface area contributed by atoms with Gasteiger partial charge in [-0.1, -0.05) is 51.0 Å². The number of aromatic hydroxyl groups is 1. The number of phenolic OH excluding ortho intramolecular Hbond substituents is 1. The zero-order valence-corrected chi connectivity index (χ0v) is 15.7. The average molecular weight is 362 g/mol. The Hall–Kier alpha value is -2.01. The molecule has 1 N–H and O–H groups in total. The van der Waals surface area contributed by atoms with E-state index in [0.717, 1.165) is 37.7 Å². The van der Waals surface area contributed by atoms with E-state index in [1.165, 1.54) is 6.07 Å². The van der Waals surface area contributed by atoms with Crippen LogP contribution in [0.4, 0.5) is 0 Å². The Balaban J connectivity index is 2.49. The van der Waals surface area contributed by atoms with Crippen molar-refractivity contribution in [3.63, 3.8) is 0 Å². The highest BCUT2D eigenvalue weighted by Crippen LogP contribution is 2.33. The van der Waals surface area contributed by atoms with Crippen LogP contribution in [0.5, 0.6) is 11.5 Å². The highest BCUT2D eigenvalue weighted by atomic mass is 32.2. The molecule has 0 bridgehead atoms. The van der Waals surface area contributed by atoms with Crippen LogP contribution in [0.2, 0.25) is 0 Å². The van der Waals surface area contributed by atoms with Gasteiger partial charge >= 0.3 is 10.1 Å². The van der Waals surface area contributed by atoms with Crippen LogP contribution >= 0.6 is 0 Å². The van der Waals surface area contributed by atoms with E-state index in [9.17, 15) is 13.5 Å². The summed E-state index contributed by atoms with van der Waals surface area (Å²) in [5.74, 6) is -0.00964. The van der Waals surface area contributed by atoms with Gasteiger partial charge in [-0.05, 0) is 55.0 Å². The zero-order chi connectivity index (χ0) is 18.3. The van der Waals surface area contributed by atoms with Gasteiger partial charge in [0.2, 0.25) is 0 Å². The lowest BCUT2D eigenvalue weighted by molar-refractivity contribution is 0.441. The molecule has 0 aromatic heterocycles. The van der Waals surface area contributed by atoms with Gasteiger partial charge in [-0.3, -0.25) is 0 Å². The van der Waals surface area contributed by atoms with Crippen molar-refractivity contribution in [3.05, 3.63) is 53.6 Å². The van der Waals surface area contributed by atoms with Crippen LogP contribution in [0.3, 0.4) is 0 Å². The summed E-state index contributed by atoms with van der Waals surface area (Å²) >= 11 is 0. The lowest BCUT2D eigenvalue weighted by Gasteiger charge is -2.17. The molecular weight excluding hydrogens is 336 g/mol. The summed E-state index contributed by atoms with van der Waals surface area (Å²) in [7, 11) is -4.10. The first-order valence-electron chi connectivity index (χ1n) is 8.82. The quantitative estimate of drug-likeness (QED) is 0.648. The Labute approximate surface area is 150 Å². The second-order valence-electron chi connectivity index (χ2n) is 6.11. The van der Waals surface area contributed by atoms with Crippen molar-refractivity contribution >= 4 is 10.1 Å². The van der Waals surface area contributed by atoms with Crippen LogP contribution in [0.1, 0.15) is 50.7 Å². The predicted molar refractivity (Wildman–Crippen MR) is 99.6 cm³/mol. The lowest BCUT2D eigenvalue weighted by Crippen LogP contribution is -2.14. The van der Waals surface area contributed by atoms with E-state index in [-0.39, 0.29) is 16.4 Å². The van der Waals surface area contributed by atoms with E-state index < -0.39 is 10.1 Å². The lowest BCUT2D eigenvalue weighted by atomic mass is 9.97. The summed E-state index contributed by atoms with van der Waals surface area (Å²) in [5, 5.41) is 10.3. The predicted octanol–water partition coefficient (Wildman–Crippen LogP) is 4.85. The summed E-state index contributed by atoms with van der Waals surface area (Å²) in [6.45, 7) is 4.16. The number of unbranched alkanes of at least 4 members (excludes halogenated alkanes) is 2. The Morgan fingerprint density at radius 2 is 1.56 bits per heavy atom. The molecule has 25 heavy (non-hydrogen) atoms. The van der Waals surface area contributed by atoms with Crippen LogP contribution < -0.4 is 4.18 Å². The molecule has 0 unspecified atom stereocenters. The van der Waals surface area contributed by atoms with Gasteiger partial charge in [-0.2, -0.15) is 8.42 Å². The maximum absolute atomic E-state index is 12.9. The molecule has 0 aliphatic rings. The summed E-state index contributed by atoms with van der Waals surface area (Å²) in [6.07, 6.45) is 5.21. The molecule has 136 valence electrons. The van der Waals surface area contributed by atoms with Crippen LogP contribution in [0.15, 0.2) is 47.4 Å². The summed E-state index contributed by atoms with van der Waals surface area (Å²) in [6, 6.07) is 11.7. The fourth-order valence-electron chi connectivity index (χ4n) is 2.81. The topological polar surface area (TPSA) is 63.6 Å². The van der Waals surface area contributed by atoms with Gasteiger partial charge in [0, 0.05) is 0 Å². The Morgan fingerprint density at radius 3 is 2.20 bits per heavy atom. The van der Waals surface area contributed by atoms with Gasteiger partial charge in [0.25, 0.3) is 0 Å². The van der Waals surface area contributed by atoms with Gasteiger partial charge < -0.3 is 9.29 Å². The number of benzene rings is 2. The minimum absolute atomic E-state index is 0.0848. The molecule has 0 atom stereocenters. The average Bonchev–Trinajstić information content (AvgIpc) is 2.59. The molecular formula is C20H26O4S. The molecule has 0 saturated carbocycles. The van der Waals surface area contributed by atoms with Crippen molar-refractivity contribution < 1.29 is 17.7 Å². The number of para-hydroxylation sites is 1. The van der Waals surface area contributed by atoms with Crippen LogP contribution in [0.25, 0.3) is 0 Å². The Bertz CT molecular complexity index is 783. The zero-order valence-electron chi connectivity index (χ0n) is 14.9. The molecule has 2 rings (SSSR count). The van der Waals surface area contributed by atoms with Gasteiger partial charge in [0.05, 0.1) is 0 Å². The van der Waals surface area contributed by atoms with Crippen molar-refractivity contribution in [3.8, 4) is 11.5 Å². The third kappa shape index (κ3) is 4.98. The van der Waals surface area contributed by atoms with E-state index in [4.69, 9.17) is 4.18 Å². The summed E-state index contributed by atoms with van der Waals surface area (Å²) in [4.78, 5) is -0.0848. The van der Waals surface area contributed by atoms with E-state index in [0.29, 0.717) is 12.0 Å². The molecule has 0 aliphatic carbocycles. The fraction of sp³-hybridized carbons (Fsp3) is 0.400. The molecule has 5 heteroatoms. The Kier molecular flexibility index (Phi) is 6.88. The minimum Gasteiger partial charge on any atom is -0.506 e. The molecule has 2 aromatic rings. The number of aryl methyl sites for hydroxylation is 1. The maximum Gasteiger partial charge on any atom is 0.343 e. The summed E-state index contributed by atoms with van der Waals surface area (Å²) in [5.41, 5.74) is 1.66. The molecule has 0 fully saturated rings. The number of phenols is 1. The normalized spacial score (nSPS) is 11.4. The minimum atomic E-state index is -4.10. The van der Waals surface area contributed by atoms with Crippen LogP contribution in [-0.2, 0) is 23.0 Å². The third-order valence-electron chi connectivity index (χ3n) is 4.12. The van der Waals surface area contributed by atoms with Crippen molar-refractivity contribution in [1.82, 2.24) is 0 Å². The molecule has 2 aromatic carbocycles. The van der Waals surface area contributed by atoms with Gasteiger partial charge in [0.1, 0.15) is 11.5 Å². The second kappa shape index (κ2) is 8.90. The Morgan fingerprint density at radius 1 is 0.920 bits per heavy atom. The highest BCUT2D eigenvalue weighted by molar-refractivity contribution is 7.87. The number of rotatable bonds is 9. The second-order valence-corrected chi connectivity index (χ2v) is 7.59. The maximum atomic E-state index is 12.9. The first kappa shape index (κ1) is 19.3. The fourth-order valence-corrected chi connectivity index (χ4v) is 4.12. The van der Waals surface area contributed by atoms with E-state index in [1.54, 1.807) is 30.3 Å². The van der Waals surface area contributed by atoms with Crippen molar-refractivity contribution in [1.29, 1.82) is 0 Å². The van der Waals surface area contributed by atoms with Crippen LogP contribution in [0, 0.1) is 0 Å². The largest absolute Gasteiger partial charge is 0.506 e. The third-order valence-corrected chi connectivity index (χ3v) is 5.48. The van der Waals surface area contributed by atoms with Crippen molar-refractivity contribution in [2.75, 3.05) is 0 Å². The molecule has 0 spiro atoms. The highest BCUT2D eigenvalue weighted by Gasteiger charge is 2.27. The molecule has 0 aliphatic heterocycles. The van der Waals surface area contributed by atoms with Crippen LogP contribution in [-0.4, -0.2) is 13.5 Å². The molecule has 4 nitrogen and oxygen atoms in total. The monoisotopic (exact) mass is 362 g/mol. The van der Waals surface area contributed by atoms with Gasteiger partial charge in [-0.25, -0.2) is 0 Å². The van der Waals surface area contributed by atoms with E-state index >= 15 is 0 Å². The SMILES string of the molecule is CCCCc1ccc(O)c(S(=O)(=O)Oc2ccccc2)c1CCCC.